The summed E-state index contributed by atoms with van der Waals surface area (Å²) >= 11 is 0. The van der Waals surface area contributed by atoms with E-state index in [4.69, 9.17) is 5.73 Å². The van der Waals surface area contributed by atoms with E-state index in [1.54, 1.807) is 0 Å². The molecule has 0 radical (unpaired) electrons. The van der Waals surface area contributed by atoms with E-state index < -0.39 is 42.3 Å². The Morgan fingerprint density at radius 3 is 2.44 bits per heavy atom. The molecule has 0 aliphatic heterocycles. The smallest absolute Gasteiger partial charge is 0.417 e. The Balaban J connectivity index is 3.32. The molecule has 1 aromatic rings. The van der Waals surface area contributed by atoms with Crippen LogP contribution in [0.15, 0.2) is 0 Å². The summed E-state index contributed by atoms with van der Waals surface area (Å²) in [5.41, 5.74) is 2.48. The number of aryl methyl sites for hydroxylation is 1. The van der Waals surface area contributed by atoms with Gasteiger partial charge in [0, 0.05) is 7.05 Å². The van der Waals surface area contributed by atoms with Gasteiger partial charge in [-0.15, -0.1) is 0 Å². The Hall–Kier alpha value is -1.87. The fourth-order valence-corrected chi connectivity index (χ4v) is 1.35. The molecule has 0 aromatic carbocycles. The molecule has 1 rings (SSSR count). The number of carbonyl (C=O) groups excluding carboxylic acids is 1. The lowest BCUT2D eigenvalue weighted by Gasteiger charge is -2.08. The number of ether oxygens (including phenoxy) is 1. The van der Waals surface area contributed by atoms with Crippen molar-refractivity contribution in [3.8, 4) is 5.88 Å². The molecule has 0 aliphatic rings. The number of aromatic nitrogens is 2. The lowest BCUT2D eigenvalue weighted by Crippen LogP contribution is -2.18. The molecule has 1 amide bonds. The third-order valence-electron chi connectivity index (χ3n) is 1.91. The molecule has 5 nitrogen and oxygen atoms in total. The number of hydrogen-bond acceptors (Lipinski definition) is 3. The van der Waals surface area contributed by atoms with E-state index in [0.29, 0.717) is 4.68 Å². The molecule has 0 bridgehead atoms. The Kier molecular flexibility index (Phi) is 3.77. The van der Waals surface area contributed by atoms with Crippen LogP contribution in [0.3, 0.4) is 0 Å². The van der Waals surface area contributed by atoms with Gasteiger partial charge in [0.05, 0.1) is 12.0 Å². The van der Waals surface area contributed by atoms with Crippen LogP contribution >= 0.6 is 0 Å². The second kappa shape index (κ2) is 4.78. The topological polar surface area (TPSA) is 70.1 Å². The minimum atomic E-state index is -4.90. The predicted molar refractivity (Wildman–Crippen MR) is 47.7 cm³/mol. The van der Waals surface area contributed by atoms with Gasteiger partial charge in [0.15, 0.2) is 5.69 Å². The summed E-state index contributed by atoms with van der Waals surface area (Å²) in [5, 5.41) is 3.01. The van der Waals surface area contributed by atoms with E-state index >= 15 is 0 Å². The third kappa shape index (κ3) is 3.08. The first-order valence-electron chi connectivity index (χ1n) is 4.49. The van der Waals surface area contributed by atoms with E-state index in [2.05, 4.69) is 9.84 Å². The maximum atomic E-state index is 12.6. The normalized spacial score (nSPS) is 11.9. The van der Waals surface area contributed by atoms with Crippen molar-refractivity contribution < 1.29 is 31.5 Å². The Morgan fingerprint density at radius 1 is 1.50 bits per heavy atom. The van der Waals surface area contributed by atoms with Crippen LogP contribution in [0.4, 0.5) is 22.0 Å². The van der Waals surface area contributed by atoms with E-state index in [0.717, 1.165) is 7.05 Å². The average Bonchev–Trinajstić information content (AvgIpc) is 2.43. The molecule has 102 valence electrons. The van der Waals surface area contributed by atoms with Gasteiger partial charge < -0.3 is 10.5 Å². The zero-order chi connectivity index (χ0) is 14.1. The average molecular weight is 273 g/mol. The van der Waals surface area contributed by atoms with Gasteiger partial charge in [0.25, 0.3) is 0 Å². The fourth-order valence-electron chi connectivity index (χ4n) is 1.35. The lowest BCUT2D eigenvalue weighted by atomic mass is 10.1. The van der Waals surface area contributed by atoms with Gasteiger partial charge in [-0.3, -0.25) is 4.79 Å². The van der Waals surface area contributed by atoms with E-state index in [9.17, 15) is 26.7 Å². The number of amides is 1. The summed E-state index contributed by atoms with van der Waals surface area (Å²) in [7, 11) is 0.984. The predicted octanol–water partition coefficient (Wildman–Crippen LogP) is 1.07. The van der Waals surface area contributed by atoms with Gasteiger partial charge in [-0.2, -0.15) is 27.1 Å². The van der Waals surface area contributed by atoms with Crippen LogP contribution in [0.2, 0.25) is 0 Å². The van der Waals surface area contributed by atoms with Crippen molar-refractivity contribution >= 4 is 5.91 Å². The van der Waals surface area contributed by atoms with Gasteiger partial charge in [-0.05, 0) is 0 Å². The highest BCUT2D eigenvalue weighted by Gasteiger charge is 2.40. The van der Waals surface area contributed by atoms with Crippen molar-refractivity contribution in [2.24, 2.45) is 12.8 Å². The number of carbonyl (C=O) groups is 1. The van der Waals surface area contributed by atoms with Crippen LogP contribution in [0.1, 0.15) is 11.3 Å². The Morgan fingerprint density at radius 2 is 2.06 bits per heavy atom. The minimum absolute atomic E-state index is 0.479. The van der Waals surface area contributed by atoms with Crippen molar-refractivity contribution in [2.45, 2.75) is 19.2 Å². The summed E-state index contributed by atoms with van der Waals surface area (Å²) < 4.78 is 66.2. The van der Waals surface area contributed by atoms with E-state index in [-0.39, 0.29) is 0 Å². The number of alkyl halides is 5. The maximum absolute atomic E-state index is 12.6. The monoisotopic (exact) mass is 273 g/mol. The first-order valence-corrected chi connectivity index (χ1v) is 4.49. The summed E-state index contributed by atoms with van der Waals surface area (Å²) in [6.45, 7) is -3.34. The second-order valence-corrected chi connectivity index (χ2v) is 3.28. The van der Waals surface area contributed by atoms with E-state index in [1.807, 2.05) is 0 Å². The van der Waals surface area contributed by atoms with Gasteiger partial charge in [0.2, 0.25) is 11.8 Å². The van der Waals surface area contributed by atoms with Crippen LogP contribution in [0, 0.1) is 0 Å². The Labute approximate surface area is 97.3 Å². The largest absolute Gasteiger partial charge is 0.435 e. The van der Waals surface area contributed by atoms with Crippen LogP contribution in [0.25, 0.3) is 0 Å². The molecular weight excluding hydrogens is 265 g/mol. The van der Waals surface area contributed by atoms with Crippen LogP contribution in [-0.2, 0) is 24.4 Å². The molecule has 1 heterocycles. The van der Waals surface area contributed by atoms with Crippen molar-refractivity contribution in [2.75, 3.05) is 0 Å². The van der Waals surface area contributed by atoms with Crippen molar-refractivity contribution in [1.29, 1.82) is 0 Å². The van der Waals surface area contributed by atoms with Crippen molar-refractivity contribution in [3.05, 3.63) is 11.3 Å². The second-order valence-electron chi connectivity index (χ2n) is 3.28. The molecule has 10 heteroatoms. The van der Waals surface area contributed by atoms with Gasteiger partial charge >= 0.3 is 12.8 Å². The molecule has 0 aliphatic carbocycles. The summed E-state index contributed by atoms with van der Waals surface area (Å²) in [4.78, 5) is 10.7. The van der Waals surface area contributed by atoms with Gasteiger partial charge in [-0.1, -0.05) is 0 Å². The zero-order valence-corrected chi connectivity index (χ0v) is 8.96. The molecule has 0 fully saturated rings. The first kappa shape index (κ1) is 14.2. The first-order chi connectivity index (χ1) is 8.12. The molecule has 0 spiro atoms. The van der Waals surface area contributed by atoms with Crippen LogP contribution < -0.4 is 10.5 Å². The zero-order valence-electron chi connectivity index (χ0n) is 8.96. The molecule has 18 heavy (non-hydrogen) atoms. The lowest BCUT2D eigenvalue weighted by molar-refractivity contribution is -0.142. The minimum Gasteiger partial charge on any atom is -0.417 e. The number of nitrogens with zero attached hydrogens (tertiary/aromatic N) is 2. The molecule has 1 aromatic heterocycles. The van der Waals surface area contributed by atoms with Gasteiger partial charge in [0.1, 0.15) is 0 Å². The number of rotatable bonds is 4. The van der Waals surface area contributed by atoms with Crippen molar-refractivity contribution in [1.82, 2.24) is 9.78 Å². The van der Waals surface area contributed by atoms with Crippen molar-refractivity contribution in [3.63, 3.8) is 0 Å². The SMILES string of the molecule is Cn1nc(C(F)(F)F)c(CC(N)=O)c1OC(F)F. The quantitative estimate of drug-likeness (QED) is 0.834. The standard InChI is InChI=1S/C8H8F5N3O2/c1-16-6(18-7(9)10)3(2-4(14)17)5(15-16)8(11,12)13/h7H,2H2,1H3,(H2,14,17). The van der Waals surface area contributed by atoms with Crippen LogP contribution in [0.5, 0.6) is 5.88 Å². The maximum Gasteiger partial charge on any atom is 0.435 e. The summed E-state index contributed by atoms with van der Waals surface area (Å²) in [6.07, 6.45) is -5.79. The molecule has 2 N–H and O–H groups in total. The van der Waals surface area contributed by atoms with E-state index in [1.165, 1.54) is 0 Å². The molecule has 0 unspecified atom stereocenters. The molecular formula is C8H8F5N3O2. The Bertz CT molecular complexity index is 454. The number of hydrogen-bond donors (Lipinski definition) is 1. The number of primary amides is 1. The summed E-state index contributed by atoms with van der Waals surface area (Å²) in [5.74, 6) is -1.95. The third-order valence-corrected chi connectivity index (χ3v) is 1.91. The molecule has 0 saturated heterocycles. The van der Waals surface area contributed by atoms with Crippen LogP contribution in [-0.4, -0.2) is 22.3 Å². The fraction of sp³-hybridized carbons (Fsp3) is 0.500. The molecule has 0 saturated carbocycles. The highest BCUT2D eigenvalue weighted by Crippen LogP contribution is 2.36. The highest BCUT2D eigenvalue weighted by atomic mass is 19.4. The summed E-state index contributed by atoms with van der Waals surface area (Å²) in [6, 6.07) is 0. The molecule has 0 atom stereocenters. The number of halogens is 5. The number of nitrogens with two attached hydrogens (primary N) is 1. The van der Waals surface area contributed by atoms with Gasteiger partial charge in [-0.25, -0.2) is 4.68 Å². The highest BCUT2D eigenvalue weighted by molar-refractivity contribution is 5.77.